The molecule has 18 heavy (non-hydrogen) atoms. The third-order valence-electron chi connectivity index (χ3n) is 3.15. The van der Waals surface area contributed by atoms with Gasteiger partial charge >= 0.3 is 6.18 Å². The number of halogens is 3. The highest BCUT2D eigenvalue weighted by Crippen LogP contribution is 2.31. The van der Waals surface area contributed by atoms with Gasteiger partial charge in [0.1, 0.15) is 0 Å². The number of rotatable bonds is 5. The molecule has 0 rings (SSSR count). The molecule has 0 aromatic rings. The molecule has 0 fully saturated rings. The maximum atomic E-state index is 12.7. The van der Waals surface area contributed by atoms with Crippen LogP contribution in [0.5, 0.6) is 0 Å². The lowest BCUT2D eigenvalue weighted by molar-refractivity contribution is -0.162. The van der Waals surface area contributed by atoms with Gasteiger partial charge in [0.15, 0.2) is 0 Å². The van der Waals surface area contributed by atoms with Crippen molar-refractivity contribution in [3.63, 3.8) is 0 Å². The molecule has 2 nitrogen and oxygen atoms in total. The predicted octanol–water partition coefficient (Wildman–Crippen LogP) is 3.41. The summed E-state index contributed by atoms with van der Waals surface area (Å²) in [4.78, 5) is 1.48. The van der Waals surface area contributed by atoms with E-state index in [0.29, 0.717) is 6.42 Å². The van der Waals surface area contributed by atoms with Gasteiger partial charge in [-0.2, -0.15) is 13.2 Å². The lowest BCUT2D eigenvalue weighted by Gasteiger charge is -2.45. The summed E-state index contributed by atoms with van der Waals surface area (Å²) in [7, 11) is 0. The van der Waals surface area contributed by atoms with Gasteiger partial charge in [-0.3, -0.25) is 4.90 Å². The molecular formula is C13H27F3N2. The number of hydrogen-bond donors (Lipinski definition) is 1. The first-order chi connectivity index (χ1) is 7.90. The fraction of sp³-hybridized carbons (Fsp3) is 1.00. The minimum absolute atomic E-state index is 0.187. The lowest BCUT2D eigenvalue weighted by atomic mass is 9.80. The summed E-state index contributed by atoms with van der Waals surface area (Å²) in [6, 6.07) is -0.729. The monoisotopic (exact) mass is 268 g/mol. The fourth-order valence-electron chi connectivity index (χ4n) is 2.42. The van der Waals surface area contributed by atoms with E-state index in [9.17, 15) is 13.2 Å². The smallest absolute Gasteiger partial charge is 0.326 e. The molecule has 0 spiro atoms. The van der Waals surface area contributed by atoms with Gasteiger partial charge in [0.25, 0.3) is 0 Å². The van der Waals surface area contributed by atoms with E-state index in [1.54, 1.807) is 13.8 Å². The van der Waals surface area contributed by atoms with Crippen molar-refractivity contribution in [2.24, 2.45) is 11.1 Å². The van der Waals surface area contributed by atoms with Gasteiger partial charge in [-0.1, -0.05) is 27.7 Å². The Kier molecular flexibility index (Phi) is 6.14. The van der Waals surface area contributed by atoms with Crippen LogP contribution in [-0.2, 0) is 0 Å². The molecule has 2 N–H and O–H groups in total. The molecular weight excluding hydrogens is 241 g/mol. The largest absolute Gasteiger partial charge is 0.401 e. The van der Waals surface area contributed by atoms with Crippen LogP contribution in [0, 0.1) is 5.41 Å². The Balaban J connectivity index is 5.24. The van der Waals surface area contributed by atoms with Crippen molar-refractivity contribution in [3.8, 4) is 0 Å². The second-order valence-electron chi connectivity index (χ2n) is 6.26. The molecule has 0 saturated carbocycles. The van der Waals surface area contributed by atoms with Crippen molar-refractivity contribution in [2.75, 3.05) is 6.54 Å². The van der Waals surface area contributed by atoms with Gasteiger partial charge in [0.2, 0.25) is 0 Å². The van der Waals surface area contributed by atoms with Crippen LogP contribution in [0.25, 0.3) is 0 Å². The molecule has 0 aliphatic heterocycles. The summed E-state index contributed by atoms with van der Waals surface area (Å²) in [5.41, 5.74) is 5.77. The van der Waals surface area contributed by atoms with E-state index in [1.807, 2.05) is 27.7 Å². The Bertz CT molecular complexity index is 244. The van der Waals surface area contributed by atoms with Crippen molar-refractivity contribution in [2.45, 2.75) is 72.3 Å². The van der Waals surface area contributed by atoms with Crippen molar-refractivity contribution >= 4 is 0 Å². The Morgan fingerprint density at radius 3 is 1.78 bits per heavy atom. The van der Waals surface area contributed by atoms with E-state index in [-0.39, 0.29) is 23.5 Å². The van der Waals surface area contributed by atoms with E-state index in [4.69, 9.17) is 5.73 Å². The second-order valence-corrected chi connectivity index (χ2v) is 6.26. The van der Waals surface area contributed by atoms with E-state index in [2.05, 4.69) is 0 Å². The average molecular weight is 268 g/mol. The zero-order valence-corrected chi connectivity index (χ0v) is 12.3. The van der Waals surface area contributed by atoms with Gasteiger partial charge in [0.05, 0.1) is 6.54 Å². The number of nitrogens with two attached hydrogens (primary N) is 1. The topological polar surface area (TPSA) is 29.3 Å². The van der Waals surface area contributed by atoms with Crippen LogP contribution < -0.4 is 5.73 Å². The van der Waals surface area contributed by atoms with Crippen LogP contribution in [0.15, 0.2) is 0 Å². The van der Waals surface area contributed by atoms with E-state index in [1.165, 1.54) is 4.90 Å². The molecule has 0 bridgehead atoms. The Morgan fingerprint density at radius 2 is 1.56 bits per heavy atom. The molecule has 2 atom stereocenters. The van der Waals surface area contributed by atoms with Crippen LogP contribution in [0.2, 0.25) is 0 Å². The molecule has 0 aromatic heterocycles. The summed E-state index contributed by atoms with van der Waals surface area (Å²) in [6.07, 6.45) is -3.52. The Labute approximate surface area is 109 Å². The van der Waals surface area contributed by atoms with Crippen molar-refractivity contribution in [1.29, 1.82) is 0 Å². The molecule has 110 valence electrons. The first-order valence-corrected chi connectivity index (χ1v) is 6.48. The van der Waals surface area contributed by atoms with E-state index >= 15 is 0 Å². The molecule has 0 heterocycles. The van der Waals surface area contributed by atoms with Gasteiger partial charge in [-0.05, 0) is 25.7 Å². The van der Waals surface area contributed by atoms with Crippen LogP contribution in [0.4, 0.5) is 13.2 Å². The van der Waals surface area contributed by atoms with Crippen LogP contribution in [0.3, 0.4) is 0 Å². The SMILES string of the molecule is CCC(N)C(N(CC(F)(F)F)C(C)C)C(C)(C)C. The fourth-order valence-corrected chi connectivity index (χ4v) is 2.42. The first-order valence-electron chi connectivity index (χ1n) is 6.48. The normalized spacial score (nSPS) is 17.3. The zero-order chi connectivity index (χ0) is 14.7. The summed E-state index contributed by atoms with van der Waals surface area (Å²) in [6.45, 7) is 10.4. The van der Waals surface area contributed by atoms with Crippen LogP contribution in [0.1, 0.15) is 48.0 Å². The highest BCUT2D eigenvalue weighted by molar-refractivity contribution is 4.92. The average Bonchev–Trinajstić information content (AvgIpc) is 2.11. The molecule has 0 aromatic carbocycles. The molecule has 5 heteroatoms. The Morgan fingerprint density at radius 1 is 1.11 bits per heavy atom. The Hall–Kier alpha value is -0.290. The van der Waals surface area contributed by atoms with Crippen molar-refractivity contribution in [1.82, 2.24) is 4.90 Å². The number of hydrogen-bond acceptors (Lipinski definition) is 2. The van der Waals surface area contributed by atoms with Crippen molar-refractivity contribution in [3.05, 3.63) is 0 Å². The first kappa shape index (κ1) is 17.7. The minimum Gasteiger partial charge on any atom is -0.326 e. The lowest BCUT2D eigenvalue weighted by Crippen LogP contribution is -2.58. The van der Waals surface area contributed by atoms with Gasteiger partial charge in [-0.25, -0.2) is 0 Å². The van der Waals surface area contributed by atoms with Crippen molar-refractivity contribution < 1.29 is 13.2 Å². The summed E-state index contributed by atoms with van der Waals surface area (Å²) in [5.74, 6) is 0. The quantitative estimate of drug-likeness (QED) is 0.828. The van der Waals surface area contributed by atoms with E-state index in [0.717, 1.165) is 0 Å². The third-order valence-corrected chi connectivity index (χ3v) is 3.15. The number of alkyl halides is 3. The maximum Gasteiger partial charge on any atom is 0.401 e. The highest BCUT2D eigenvalue weighted by Gasteiger charge is 2.41. The standard InChI is InChI=1S/C13H27F3N2/c1-7-10(17)11(12(4,5)6)18(9(2)3)8-13(14,15)16/h9-11H,7-8,17H2,1-6H3. The highest BCUT2D eigenvalue weighted by atomic mass is 19.4. The minimum atomic E-state index is -4.19. The third kappa shape index (κ3) is 5.57. The zero-order valence-electron chi connectivity index (χ0n) is 12.3. The summed E-state index contributed by atoms with van der Waals surface area (Å²) < 4.78 is 38.1. The molecule has 2 unspecified atom stereocenters. The van der Waals surface area contributed by atoms with E-state index < -0.39 is 12.7 Å². The molecule has 0 aliphatic carbocycles. The number of nitrogens with zero attached hydrogens (tertiary/aromatic N) is 1. The van der Waals surface area contributed by atoms with Gasteiger partial charge in [-0.15, -0.1) is 0 Å². The maximum absolute atomic E-state index is 12.7. The second kappa shape index (κ2) is 6.24. The summed E-state index contributed by atoms with van der Waals surface area (Å²) >= 11 is 0. The van der Waals surface area contributed by atoms with Gasteiger partial charge < -0.3 is 5.73 Å². The predicted molar refractivity (Wildman–Crippen MR) is 69.4 cm³/mol. The van der Waals surface area contributed by atoms with Crippen LogP contribution in [-0.4, -0.2) is 35.7 Å². The summed E-state index contributed by atoms with van der Waals surface area (Å²) in [5, 5.41) is 0. The molecule has 0 saturated heterocycles. The molecule has 0 amide bonds. The molecule has 0 aliphatic rings. The van der Waals surface area contributed by atoms with Crippen LogP contribution >= 0.6 is 0 Å². The van der Waals surface area contributed by atoms with Gasteiger partial charge in [0, 0.05) is 18.1 Å². The molecule has 0 radical (unpaired) electrons.